The number of carbonyl (C=O) groups excluding carboxylic acids is 1. The molecule has 0 bridgehead atoms. The Bertz CT molecular complexity index is 1270. The second-order valence-electron chi connectivity index (χ2n) is 9.20. The first kappa shape index (κ1) is 24.3. The molecule has 2 aliphatic rings. The highest BCUT2D eigenvalue weighted by Gasteiger charge is 2.27. The standard InChI is InChI=1S/C26H31FN6O3/c1-4-28-25(34)20-13-18(5-7-21(20)27)22-8-6-19-23(29-22)30-26(33-10-12-36-15-17(33)3)31-24(19)32-9-11-35-14-16(32)2/h5-8,13,16-17H,4,9-12,14-15H2,1-3H3,(H,28,34)/t16-,17-/m0/s1. The van der Waals surface area contributed by atoms with Crippen molar-refractivity contribution < 1.29 is 18.7 Å². The normalized spacial score (nSPS) is 20.6. The van der Waals surface area contributed by atoms with Gasteiger partial charge in [0.25, 0.3) is 5.91 Å². The van der Waals surface area contributed by atoms with E-state index in [-0.39, 0.29) is 17.6 Å². The van der Waals surface area contributed by atoms with Crippen LogP contribution in [-0.4, -0.2) is 79.0 Å². The molecule has 1 amide bonds. The molecule has 2 fully saturated rings. The van der Waals surface area contributed by atoms with E-state index in [4.69, 9.17) is 24.4 Å². The molecule has 0 saturated carbocycles. The number of fused-ring (bicyclic) bond motifs is 1. The highest BCUT2D eigenvalue weighted by molar-refractivity contribution is 5.96. The number of ether oxygens (including phenoxy) is 2. The number of aromatic nitrogens is 3. The Morgan fingerprint density at radius 1 is 1.03 bits per heavy atom. The maximum Gasteiger partial charge on any atom is 0.254 e. The smallest absolute Gasteiger partial charge is 0.254 e. The van der Waals surface area contributed by atoms with Crippen molar-refractivity contribution in [3.63, 3.8) is 0 Å². The first-order chi connectivity index (χ1) is 17.5. The Hall–Kier alpha value is -3.37. The van der Waals surface area contributed by atoms with Crippen LogP contribution in [0.15, 0.2) is 30.3 Å². The van der Waals surface area contributed by atoms with Gasteiger partial charge in [0.2, 0.25) is 5.95 Å². The number of rotatable bonds is 5. The van der Waals surface area contributed by atoms with Crippen molar-refractivity contribution >= 4 is 28.7 Å². The summed E-state index contributed by atoms with van der Waals surface area (Å²) < 4.78 is 25.6. The van der Waals surface area contributed by atoms with E-state index in [1.165, 1.54) is 12.1 Å². The third-order valence-corrected chi connectivity index (χ3v) is 6.64. The number of amides is 1. The van der Waals surface area contributed by atoms with Crippen LogP contribution in [0.4, 0.5) is 16.2 Å². The molecule has 2 atom stereocenters. The molecule has 2 saturated heterocycles. The Morgan fingerprint density at radius 2 is 1.75 bits per heavy atom. The average molecular weight is 495 g/mol. The van der Waals surface area contributed by atoms with Crippen LogP contribution in [-0.2, 0) is 9.47 Å². The zero-order valence-corrected chi connectivity index (χ0v) is 20.8. The quantitative estimate of drug-likeness (QED) is 0.579. The lowest BCUT2D eigenvalue weighted by Gasteiger charge is -2.37. The topological polar surface area (TPSA) is 92.7 Å². The van der Waals surface area contributed by atoms with Gasteiger partial charge in [-0.1, -0.05) is 0 Å². The highest BCUT2D eigenvalue weighted by Crippen LogP contribution is 2.31. The fourth-order valence-electron chi connectivity index (χ4n) is 4.67. The van der Waals surface area contributed by atoms with Crippen LogP contribution >= 0.6 is 0 Å². The van der Waals surface area contributed by atoms with Crippen molar-refractivity contribution in [3.05, 3.63) is 41.7 Å². The van der Waals surface area contributed by atoms with Gasteiger partial charge in [-0.15, -0.1) is 0 Å². The number of benzene rings is 1. The molecule has 9 nitrogen and oxygen atoms in total. The third-order valence-electron chi connectivity index (χ3n) is 6.64. The van der Waals surface area contributed by atoms with Gasteiger partial charge in [-0.3, -0.25) is 4.79 Å². The summed E-state index contributed by atoms with van der Waals surface area (Å²) in [7, 11) is 0. The summed E-state index contributed by atoms with van der Waals surface area (Å²) in [5.41, 5.74) is 1.79. The van der Waals surface area contributed by atoms with E-state index >= 15 is 0 Å². The van der Waals surface area contributed by atoms with E-state index in [2.05, 4.69) is 29.0 Å². The summed E-state index contributed by atoms with van der Waals surface area (Å²) in [5, 5.41) is 3.49. The Morgan fingerprint density at radius 3 is 2.44 bits per heavy atom. The van der Waals surface area contributed by atoms with Crippen LogP contribution in [0.1, 0.15) is 31.1 Å². The lowest BCUT2D eigenvalue weighted by atomic mass is 10.1. The van der Waals surface area contributed by atoms with Crippen molar-refractivity contribution in [3.8, 4) is 11.3 Å². The molecule has 0 aliphatic carbocycles. The molecule has 4 heterocycles. The summed E-state index contributed by atoms with van der Waals surface area (Å²) in [5.74, 6) is 0.413. The van der Waals surface area contributed by atoms with Gasteiger partial charge in [0.15, 0.2) is 5.65 Å². The maximum atomic E-state index is 14.4. The first-order valence-electron chi connectivity index (χ1n) is 12.4. The Balaban J connectivity index is 1.62. The summed E-state index contributed by atoms with van der Waals surface area (Å²) in [6.07, 6.45) is 0. The second-order valence-corrected chi connectivity index (χ2v) is 9.20. The molecule has 2 aliphatic heterocycles. The summed E-state index contributed by atoms with van der Waals surface area (Å²) in [6, 6.07) is 8.57. The molecule has 1 N–H and O–H groups in total. The molecule has 190 valence electrons. The molecule has 0 radical (unpaired) electrons. The third kappa shape index (κ3) is 4.70. The second kappa shape index (κ2) is 10.3. The number of halogens is 1. The van der Waals surface area contributed by atoms with Gasteiger partial charge >= 0.3 is 0 Å². The van der Waals surface area contributed by atoms with Crippen LogP contribution in [0.5, 0.6) is 0 Å². The van der Waals surface area contributed by atoms with Gasteiger partial charge < -0.3 is 24.6 Å². The molecule has 5 rings (SSSR count). The van der Waals surface area contributed by atoms with Gasteiger partial charge in [-0.2, -0.15) is 9.97 Å². The summed E-state index contributed by atoms with van der Waals surface area (Å²) >= 11 is 0. The molecule has 10 heteroatoms. The van der Waals surface area contributed by atoms with E-state index in [9.17, 15) is 9.18 Å². The molecule has 2 aromatic heterocycles. The monoisotopic (exact) mass is 494 g/mol. The van der Waals surface area contributed by atoms with E-state index in [0.29, 0.717) is 62.4 Å². The van der Waals surface area contributed by atoms with Gasteiger partial charge in [0, 0.05) is 25.2 Å². The zero-order chi connectivity index (χ0) is 25.2. The molecule has 0 unspecified atom stereocenters. The SMILES string of the molecule is CCNC(=O)c1cc(-c2ccc3c(N4CCOC[C@@H]4C)nc(N4CCOC[C@@H]4C)nc3n2)ccc1F. The largest absolute Gasteiger partial charge is 0.377 e. The fourth-order valence-corrected chi connectivity index (χ4v) is 4.67. The fraction of sp³-hybridized carbons (Fsp3) is 0.462. The van der Waals surface area contributed by atoms with Crippen LogP contribution in [0.25, 0.3) is 22.3 Å². The summed E-state index contributed by atoms with van der Waals surface area (Å²) in [6.45, 7) is 10.3. The molecule has 36 heavy (non-hydrogen) atoms. The van der Waals surface area contributed by atoms with Crippen molar-refractivity contribution in [2.24, 2.45) is 0 Å². The number of hydrogen-bond donors (Lipinski definition) is 1. The zero-order valence-electron chi connectivity index (χ0n) is 20.8. The predicted molar refractivity (Wildman–Crippen MR) is 136 cm³/mol. The lowest BCUT2D eigenvalue weighted by Crippen LogP contribution is -2.46. The highest BCUT2D eigenvalue weighted by atomic mass is 19.1. The molecule has 3 aromatic rings. The Kier molecular flexibility index (Phi) is 6.97. The minimum atomic E-state index is -0.569. The molecular formula is C26H31FN6O3. The van der Waals surface area contributed by atoms with Gasteiger partial charge in [0.1, 0.15) is 11.6 Å². The number of hydrogen-bond acceptors (Lipinski definition) is 8. The number of morpholine rings is 2. The van der Waals surface area contributed by atoms with E-state index in [1.54, 1.807) is 13.0 Å². The van der Waals surface area contributed by atoms with Crippen LogP contribution in [0, 0.1) is 5.82 Å². The number of nitrogens with zero attached hydrogens (tertiary/aromatic N) is 5. The first-order valence-corrected chi connectivity index (χ1v) is 12.4. The minimum absolute atomic E-state index is 0.00963. The predicted octanol–water partition coefficient (Wildman–Crippen LogP) is 3.03. The summed E-state index contributed by atoms with van der Waals surface area (Å²) in [4.78, 5) is 31.5. The van der Waals surface area contributed by atoms with Crippen LogP contribution in [0.3, 0.4) is 0 Å². The van der Waals surface area contributed by atoms with Crippen molar-refractivity contribution in [2.45, 2.75) is 32.9 Å². The molecule has 0 spiro atoms. The number of pyridine rings is 1. The van der Waals surface area contributed by atoms with Gasteiger partial charge in [-0.25, -0.2) is 9.37 Å². The number of nitrogens with one attached hydrogen (secondary N) is 1. The maximum absolute atomic E-state index is 14.4. The molecular weight excluding hydrogens is 463 g/mol. The van der Waals surface area contributed by atoms with E-state index in [1.807, 2.05) is 12.1 Å². The van der Waals surface area contributed by atoms with Crippen molar-refractivity contribution in [1.29, 1.82) is 0 Å². The molecule has 1 aromatic carbocycles. The average Bonchev–Trinajstić information content (AvgIpc) is 2.89. The van der Waals surface area contributed by atoms with Crippen LogP contribution < -0.4 is 15.1 Å². The van der Waals surface area contributed by atoms with Crippen LogP contribution in [0.2, 0.25) is 0 Å². The minimum Gasteiger partial charge on any atom is -0.377 e. The van der Waals surface area contributed by atoms with E-state index < -0.39 is 11.7 Å². The Labute approximate surface area is 209 Å². The van der Waals surface area contributed by atoms with Gasteiger partial charge in [-0.05, 0) is 51.1 Å². The lowest BCUT2D eigenvalue weighted by molar-refractivity contribution is 0.0951. The van der Waals surface area contributed by atoms with E-state index in [0.717, 1.165) is 17.7 Å². The van der Waals surface area contributed by atoms with Gasteiger partial charge in [0.05, 0.1) is 55.2 Å². The van der Waals surface area contributed by atoms with Crippen molar-refractivity contribution in [2.75, 3.05) is 55.9 Å². The van der Waals surface area contributed by atoms with Crippen molar-refractivity contribution in [1.82, 2.24) is 20.3 Å². The number of carbonyl (C=O) groups is 1. The number of anilines is 2.